The first-order valence-corrected chi connectivity index (χ1v) is 8.04. The van der Waals surface area contributed by atoms with Crippen LogP contribution in [0.3, 0.4) is 0 Å². The van der Waals surface area contributed by atoms with Crippen LogP contribution in [-0.2, 0) is 0 Å². The minimum atomic E-state index is -1.12. The van der Waals surface area contributed by atoms with E-state index in [2.05, 4.69) is 20.8 Å². The van der Waals surface area contributed by atoms with E-state index in [0.717, 1.165) is 38.6 Å². The Hall–Kier alpha value is -1.14. The number of halogens is 2. The summed E-state index contributed by atoms with van der Waals surface area (Å²) in [4.78, 5) is 15.4. The van der Waals surface area contributed by atoms with E-state index >= 15 is 0 Å². The lowest BCUT2D eigenvalue weighted by atomic mass is 10.1. The molecular weight excluding hydrogens is 339 g/mol. The van der Waals surface area contributed by atoms with Crippen LogP contribution < -0.4 is 4.90 Å². The van der Waals surface area contributed by atoms with E-state index in [-0.39, 0.29) is 10.0 Å². The van der Waals surface area contributed by atoms with Crippen LogP contribution >= 0.6 is 15.9 Å². The van der Waals surface area contributed by atoms with Gasteiger partial charge in [0.25, 0.3) is 0 Å². The van der Waals surface area contributed by atoms with Crippen molar-refractivity contribution in [3.8, 4) is 0 Å². The number of hydrogen-bond donors (Lipinski definition) is 1. The van der Waals surface area contributed by atoms with Gasteiger partial charge in [0, 0.05) is 32.7 Å². The molecule has 2 aliphatic rings. The molecule has 1 saturated carbocycles. The summed E-state index contributed by atoms with van der Waals surface area (Å²) < 4.78 is 14.4. The largest absolute Gasteiger partial charge is 0.478 e. The zero-order chi connectivity index (χ0) is 15.0. The predicted octanol–water partition coefficient (Wildman–Crippen LogP) is 2.82. The maximum absolute atomic E-state index is 14.4. The van der Waals surface area contributed by atoms with Crippen molar-refractivity contribution < 1.29 is 14.3 Å². The molecule has 1 heterocycles. The Kier molecular flexibility index (Phi) is 4.17. The van der Waals surface area contributed by atoms with Crippen LogP contribution in [-0.4, -0.2) is 48.7 Å². The van der Waals surface area contributed by atoms with Gasteiger partial charge in [0.1, 0.15) is 0 Å². The summed E-state index contributed by atoms with van der Waals surface area (Å²) in [6.07, 6.45) is 2.69. The minimum absolute atomic E-state index is 0.0351. The standard InChI is InChI=1S/C15H18BrFN2O2/c16-13-11(15(20)21)3-4-12(14(13)17)19-7-5-18(6-8-19)9-10-1-2-10/h3-4,10H,1-2,5-9H2,(H,20,21). The summed E-state index contributed by atoms with van der Waals surface area (Å²) in [6.45, 7) is 4.60. The number of piperazine rings is 1. The Morgan fingerprint density at radius 2 is 1.95 bits per heavy atom. The van der Waals surface area contributed by atoms with Crippen LogP contribution in [0.5, 0.6) is 0 Å². The molecule has 1 aliphatic carbocycles. The molecule has 1 aromatic carbocycles. The number of rotatable bonds is 4. The summed E-state index contributed by atoms with van der Waals surface area (Å²) in [5.41, 5.74) is 0.446. The van der Waals surface area contributed by atoms with Crippen molar-refractivity contribution in [3.05, 3.63) is 28.0 Å². The second-order valence-corrected chi connectivity index (χ2v) is 6.59. The highest BCUT2D eigenvalue weighted by atomic mass is 79.9. The van der Waals surface area contributed by atoms with Crippen molar-refractivity contribution in [2.45, 2.75) is 12.8 Å². The van der Waals surface area contributed by atoms with Crippen molar-refractivity contribution in [2.75, 3.05) is 37.6 Å². The lowest BCUT2D eigenvalue weighted by molar-refractivity contribution is 0.0695. The predicted molar refractivity (Wildman–Crippen MR) is 82.4 cm³/mol. The molecule has 0 amide bonds. The van der Waals surface area contributed by atoms with Gasteiger partial charge in [-0.15, -0.1) is 0 Å². The number of carbonyl (C=O) groups is 1. The van der Waals surface area contributed by atoms with E-state index in [9.17, 15) is 9.18 Å². The maximum Gasteiger partial charge on any atom is 0.336 e. The average molecular weight is 357 g/mol. The first-order valence-electron chi connectivity index (χ1n) is 7.25. The van der Waals surface area contributed by atoms with Gasteiger partial charge >= 0.3 is 5.97 Å². The number of carboxylic acid groups (broad SMARTS) is 1. The Morgan fingerprint density at radius 1 is 1.29 bits per heavy atom. The van der Waals surface area contributed by atoms with Crippen molar-refractivity contribution in [1.82, 2.24) is 4.90 Å². The fourth-order valence-electron chi connectivity index (χ4n) is 2.79. The average Bonchev–Trinajstić information content (AvgIpc) is 3.26. The van der Waals surface area contributed by atoms with Crippen LogP contribution in [0.1, 0.15) is 23.2 Å². The number of carboxylic acids is 1. The van der Waals surface area contributed by atoms with Gasteiger partial charge in [0.2, 0.25) is 0 Å². The molecule has 0 spiro atoms. The number of nitrogens with zero attached hydrogens (tertiary/aromatic N) is 2. The zero-order valence-electron chi connectivity index (χ0n) is 11.7. The van der Waals surface area contributed by atoms with E-state index in [1.807, 2.05) is 4.90 Å². The quantitative estimate of drug-likeness (QED) is 0.900. The van der Waals surface area contributed by atoms with Crippen LogP contribution in [0.2, 0.25) is 0 Å². The number of aromatic carboxylic acids is 1. The van der Waals surface area contributed by atoms with Crippen molar-refractivity contribution >= 4 is 27.6 Å². The highest BCUT2D eigenvalue weighted by Gasteiger charge is 2.27. The van der Waals surface area contributed by atoms with E-state index in [1.165, 1.54) is 18.9 Å². The van der Waals surface area contributed by atoms with Crippen molar-refractivity contribution in [1.29, 1.82) is 0 Å². The van der Waals surface area contributed by atoms with Gasteiger partial charge in [-0.25, -0.2) is 9.18 Å². The molecule has 1 aromatic rings. The molecular formula is C15H18BrFN2O2. The maximum atomic E-state index is 14.4. The van der Waals surface area contributed by atoms with Gasteiger partial charge in [-0.1, -0.05) is 0 Å². The molecule has 0 radical (unpaired) electrons. The fourth-order valence-corrected chi connectivity index (χ4v) is 3.29. The summed E-state index contributed by atoms with van der Waals surface area (Å²) in [6, 6.07) is 3.03. The molecule has 0 bridgehead atoms. The van der Waals surface area contributed by atoms with Gasteiger partial charge in [-0.05, 0) is 46.8 Å². The van der Waals surface area contributed by atoms with Gasteiger partial charge < -0.3 is 10.0 Å². The van der Waals surface area contributed by atoms with Crippen LogP contribution in [0.4, 0.5) is 10.1 Å². The summed E-state index contributed by atoms with van der Waals surface area (Å²) in [7, 11) is 0. The summed E-state index contributed by atoms with van der Waals surface area (Å²) >= 11 is 3.06. The van der Waals surface area contributed by atoms with Crippen molar-refractivity contribution in [2.24, 2.45) is 5.92 Å². The number of benzene rings is 1. The summed E-state index contributed by atoms with van der Waals surface area (Å²) in [5.74, 6) is -0.732. The van der Waals surface area contributed by atoms with Gasteiger partial charge in [0.15, 0.2) is 5.82 Å². The molecule has 114 valence electrons. The lowest BCUT2D eigenvalue weighted by Gasteiger charge is -2.36. The highest BCUT2D eigenvalue weighted by molar-refractivity contribution is 9.10. The van der Waals surface area contributed by atoms with Crippen molar-refractivity contribution in [3.63, 3.8) is 0 Å². The zero-order valence-corrected chi connectivity index (χ0v) is 13.3. The molecule has 3 rings (SSSR count). The van der Waals surface area contributed by atoms with Gasteiger partial charge in [0.05, 0.1) is 15.7 Å². The minimum Gasteiger partial charge on any atom is -0.478 e. The smallest absolute Gasteiger partial charge is 0.336 e. The Balaban J connectivity index is 1.70. The molecule has 0 aromatic heterocycles. The lowest BCUT2D eigenvalue weighted by Crippen LogP contribution is -2.47. The second kappa shape index (κ2) is 5.93. The molecule has 1 saturated heterocycles. The summed E-state index contributed by atoms with van der Waals surface area (Å²) in [5, 5.41) is 9.00. The topological polar surface area (TPSA) is 43.8 Å². The molecule has 1 N–H and O–H groups in total. The molecule has 1 aliphatic heterocycles. The molecule has 4 nitrogen and oxygen atoms in total. The third-order valence-electron chi connectivity index (χ3n) is 4.22. The number of hydrogen-bond acceptors (Lipinski definition) is 3. The molecule has 2 fully saturated rings. The number of anilines is 1. The Morgan fingerprint density at radius 3 is 2.52 bits per heavy atom. The van der Waals surface area contributed by atoms with Crippen LogP contribution in [0.15, 0.2) is 16.6 Å². The van der Waals surface area contributed by atoms with E-state index in [1.54, 1.807) is 6.07 Å². The third kappa shape index (κ3) is 3.21. The molecule has 0 atom stereocenters. The first-order chi connectivity index (χ1) is 10.1. The third-order valence-corrected chi connectivity index (χ3v) is 4.99. The van der Waals surface area contributed by atoms with Crippen LogP contribution in [0.25, 0.3) is 0 Å². The molecule has 6 heteroatoms. The molecule has 21 heavy (non-hydrogen) atoms. The van der Waals surface area contributed by atoms with Gasteiger partial charge in [-0.3, -0.25) is 4.90 Å². The van der Waals surface area contributed by atoms with E-state index in [4.69, 9.17) is 5.11 Å². The van der Waals surface area contributed by atoms with E-state index in [0.29, 0.717) is 5.69 Å². The van der Waals surface area contributed by atoms with Gasteiger partial charge in [-0.2, -0.15) is 0 Å². The SMILES string of the molecule is O=C(O)c1ccc(N2CCN(CC3CC3)CC2)c(F)c1Br. The van der Waals surface area contributed by atoms with E-state index < -0.39 is 11.8 Å². The first kappa shape index (κ1) is 14.8. The molecule has 0 unspecified atom stereocenters. The normalized spacial score (nSPS) is 19.8. The Labute approximate surface area is 131 Å². The monoisotopic (exact) mass is 356 g/mol. The van der Waals surface area contributed by atoms with Crippen LogP contribution in [0, 0.1) is 11.7 Å². The fraction of sp³-hybridized carbons (Fsp3) is 0.533. The Bertz CT molecular complexity index is 555. The second-order valence-electron chi connectivity index (χ2n) is 5.80. The highest BCUT2D eigenvalue weighted by Crippen LogP contribution is 2.32.